The van der Waals surface area contributed by atoms with Crippen LogP contribution in [0.3, 0.4) is 0 Å². The maximum absolute atomic E-state index is 11.8. The van der Waals surface area contributed by atoms with E-state index in [1.807, 2.05) is 29.6 Å². The zero-order chi connectivity index (χ0) is 21.3. The van der Waals surface area contributed by atoms with Crippen molar-refractivity contribution in [3.05, 3.63) is 58.7 Å². The third kappa shape index (κ3) is 3.62. The van der Waals surface area contributed by atoms with Gasteiger partial charge in [-0.2, -0.15) is 0 Å². The number of hydrogen-bond acceptors (Lipinski definition) is 7. The molecule has 4 rings (SSSR count). The average molecular weight is 442 g/mol. The highest BCUT2D eigenvalue weighted by molar-refractivity contribution is 7.17. The topological polar surface area (TPSA) is 93.6 Å². The minimum atomic E-state index is -1.10. The van der Waals surface area contributed by atoms with Crippen molar-refractivity contribution < 1.29 is 19.4 Å². The molecule has 7 nitrogen and oxygen atoms in total. The third-order valence-corrected chi connectivity index (χ3v) is 5.67. The first-order valence-corrected chi connectivity index (χ1v) is 10.0. The summed E-state index contributed by atoms with van der Waals surface area (Å²) >= 11 is 7.49. The highest BCUT2D eigenvalue weighted by Gasteiger charge is 2.19. The summed E-state index contributed by atoms with van der Waals surface area (Å²) < 4.78 is 10.6. The van der Waals surface area contributed by atoms with E-state index in [0.29, 0.717) is 28.0 Å². The van der Waals surface area contributed by atoms with E-state index < -0.39 is 5.97 Å². The number of anilines is 2. The van der Waals surface area contributed by atoms with Crippen LogP contribution in [0.1, 0.15) is 10.4 Å². The lowest BCUT2D eigenvalue weighted by Crippen LogP contribution is -2.06. The summed E-state index contributed by atoms with van der Waals surface area (Å²) in [6, 6.07) is 10.4. The lowest BCUT2D eigenvalue weighted by atomic mass is 10.1. The Balaban J connectivity index is 1.86. The van der Waals surface area contributed by atoms with Gasteiger partial charge in [-0.05, 0) is 17.7 Å². The van der Waals surface area contributed by atoms with Gasteiger partial charge < -0.3 is 19.9 Å². The minimum Gasteiger partial charge on any atom is -0.493 e. The van der Waals surface area contributed by atoms with Crippen LogP contribution >= 0.6 is 22.9 Å². The van der Waals surface area contributed by atoms with Crippen molar-refractivity contribution in [2.45, 2.75) is 0 Å². The molecule has 2 N–H and O–H groups in total. The number of hydrogen-bond donors (Lipinski definition) is 2. The normalized spacial score (nSPS) is 10.8. The minimum absolute atomic E-state index is 0.0303. The molecule has 0 saturated heterocycles. The van der Waals surface area contributed by atoms with Crippen LogP contribution in [0, 0.1) is 0 Å². The number of halogens is 1. The summed E-state index contributed by atoms with van der Waals surface area (Å²) in [5.74, 6) is 0.108. The van der Waals surface area contributed by atoms with Crippen molar-refractivity contribution in [2.75, 3.05) is 19.5 Å². The van der Waals surface area contributed by atoms with Crippen LogP contribution in [-0.2, 0) is 0 Å². The van der Waals surface area contributed by atoms with Crippen LogP contribution in [0.2, 0.25) is 5.02 Å². The maximum Gasteiger partial charge on any atom is 0.337 e. The number of methoxy groups -OCH3 is 2. The SMILES string of the molecule is COc1cc(Nc2ncnc3scc(-c4ccc(Cl)cc4)c23)c(C(=O)O)cc1OC. The van der Waals surface area contributed by atoms with E-state index in [4.69, 9.17) is 21.1 Å². The first-order valence-electron chi connectivity index (χ1n) is 8.76. The van der Waals surface area contributed by atoms with Crippen molar-refractivity contribution >= 4 is 50.6 Å². The van der Waals surface area contributed by atoms with Crippen LogP contribution < -0.4 is 14.8 Å². The molecule has 4 aromatic rings. The van der Waals surface area contributed by atoms with Gasteiger partial charge in [0.15, 0.2) is 11.5 Å². The molecule has 2 aromatic heterocycles. The predicted molar refractivity (Wildman–Crippen MR) is 118 cm³/mol. The van der Waals surface area contributed by atoms with Crippen LogP contribution in [0.5, 0.6) is 11.5 Å². The fraction of sp³-hybridized carbons (Fsp3) is 0.0952. The Morgan fingerprint density at radius 2 is 1.80 bits per heavy atom. The molecule has 0 aliphatic rings. The summed E-state index contributed by atoms with van der Waals surface area (Å²) in [5, 5.41) is 16.2. The molecule has 0 saturated carbocycles. The molecule has 0 fully saturated rings. The lowest BCUT2D eigenvalue weighted by Gasteiger charge is -2.15. The summed E-state index contributed by atoms with van der Waals surface area (Å²) in [6.07, 6.45) is 1.44. The molecule has 152 valence electrons. The fourth-order valence-electron chi connectivity index (χ4n) is 3.10. The van der Waals surface area contributed by atoms with Crippen molar-refractivity contribution in [3.8, 4) is 22.6 Å². The molecule has 0 atom stereocenters. The van der Waals surface area contributed by atoms with Gasteiger partial charge in [0.1, 0.15) is 17.0 Å². The van der Waals surface area contributed by atoms with Gasteiger partial charge in [-0.25, -0.2) is 14.8 Å². The molecule has 0 amide bonds. The second-order valence-electron chi connectivity index (χ2n) is 6.24. The molecule has 2 aromatic carbocycles. The van der Waals surface area contributed by atoms with Gasteiger partial charge in [-0.1, -0.05) is 23.7 Å². The highest BCUT2D eigenvalue weighted by Crippen LogP contribution is 2.40. The Bertz CT molecular complexity index is 1240. The molecule has 0 radical (unpaired) electrons. The van der Waals surface area contributed by atoms with Crippen molar-refractivity contribution in [3.63, 3.8) is 0 Å². The van der Waals surface area contributed by atoms with E-state index >= 15 is 0 Å². The largest absolute Gasteiger partial charge is 0.493 e. The number of aromatic carboxylic acids is 1. The Morgan fingerprint density at radius 3 is 2.47 bits per heavy atom. The number of nitrogens with zero attached hydrogens (tertiary/aromatic N) is 2. The molecular weight excluding hydrogens is 426 g/mol. The number of aromatic nitrogens is 2. The van der Waals surface area contributed by atoms with Gasteiger partial charge in [0.05, 0.1) is 30.9 Å². The summed E-state index contributed by atoms with van der Waals surface area (Å²) in [5.41, 5.74) is 2.23. The van der Waals surface area contributed by atoms with E-state index in [9.17, 15) is 9.90 Å². The lowest BCUT2D eigenvalue weighted by molar-refractivity contribution is 0.0697. The van der Waals surface area contributed by atoms with E-state index in [-0.39, 0.29) is 5.56 Å². The van der Waals surface area contributed by atoms with Crippen molar-refractivity contribution in [1.29, 1.82) is 0 Å². The van der Waals surface area contributed by atoms with Crippen LogP contribution in [0.25, 0.3) is 21.3 Å². The van der Waals surface area contributed by atoms with Gasteiger partial charge in [0, 0.05) is 28.1 Å². The fourth-order valence-corrected chi connectivity index (χ4v) is 4.14. The number of nitrogens with one attached hydrogen (secondary N) is 1. The summed E-state index contributed by atoms with van der Waals surface area (Å²) in [4.78, 5) is 21.3. The standard InChI is InChI=1S/C21H16ClN3O4S/c1-28-16-7-13(21(26)27)15(8-17(16)29-2)25-19-18-14(9-30-20(18)24-10-23-19)11-3-5-12(22)6-4-11/h3-10H,1-2H3,(H,26,27)(H,23,24,25). The van der Waals surface area contributed by atoms with E-state index in [2.05, 4.69) is 15.3 Å². The smallest absolute Gasteiger partial charge is 0.337 e. The Hall–Kier alpha value is -3.36. The molecule has 2 heterocycles. The summed E-state index contributed by atoms with van der Waals surface area (Å²) in [7, 11) is 2.94. The van der Waals surface area contributed by atoms with E-state index in [0.717, 1.165) is 21.3 Å². The van der Waals surface area contributed by atoms with Crippen molar-refractivity contribution in [1.82, 2.24) is 9.97 Å². The number of carbonyl (C=O) groups is 1. The molecule has 30 heavy (non-hydrogen) atoms. The number of benzene rings is 2. The summed E-state index contributed by atoms with van der Waals surface area (Å²) in [6.45, 7) is 0. The number of thiophene rings is 1. The first-order chi connectivity index (χ1) is 14.5. The Labute approximate surface area is 180 Å². The van der Waals surface area contributed by atoms with Crippen LogP contribution in [0.15, 0.2) is 48.1 Å². The zero-order valence-corrected chi connectivity index (χ0v) is 17.5. The van der Waals surface area contributed by atoms with Gasteiger partial charge in [0.2, 0.25) is 0 Å². The molecule has 0 bridgehead atoms. The molecule has 0 aliphatic heterocycles. The monoisotopic (exact) mass is 441 g/mol. The van der Waals surface area contributed by atoms with Crippen LogP contribution in [-0.4, -0.2) is 35.3 Å². The molecule has 0 unspecified atom stereocenters. The Kier molecular flexibility index (Phi) is 5.43. The number of ether oxygens (including phenoxy) is 2. The number of carboxylic acid groups (broad SMARTS) is 1. The van der Waals surface area contributed by atoms with Crippen molar-refractivity contribution in [2.24, 2.45) is 0 Å². The second kappa shape index (κ2) is 8.17. The van der Waals surface area contributed by atoms with E-state index in [1.165, 1.54) is 38.0 Å². The van der Waals surface area contributed by atoms with E-state index in [1.54, 1.807) is 6.07 Å². The maximum atomic E-state index is 11.8. The number of fused-ring (bicyclic) bond motifs is 1. The van der Waals surface area contributed by atoms with Gasteiger partial charge in [-0.3, -0.25) is 0 Å². The highest BCUT2D eigenvalue weighted by atomic mass is 35.5. The van der Waals surface area contributed by atoms with Gasteiger partial charge in [-0.15, -0.1) is 11.3 Å². The first kappa shape index (κ1) is 19.9. The third-order valence-electron chi connectivity index (χ3n) is 4.53. The van der Waals surface area contributed by atoms with Gasteiger partial charge >= 0.3 is 5.97 Å². The second-order valence-corrected chi connectivity index (χ2v) is 7.54. The molecule has 0 aliphatic carbocycles. The molecule has 0 spiro atoms. The quantitative estimate of drug-likeness (QED) is 0.409. The van der Waals surface area contributed by atoms with Crippen LogP contribution in [0.4, 0.5) is 11.5 Å². The predicted octanol–water partition coefficient (Wildman–Crippen LogP) is 5.47. The molecule has 9 heteroatoms. The Morgan fingerprint density at radius 1 is 1.10 bits per heavy atom. The molecular formula is C21H16ClN3O4S. The zero-order valence-electron chi connectivity index (χ0n) is 16.0. The average Bonchev–Trinajstić information content (AvgIpc) is 3.19. The van der Waals surface area contributed by atoms with Gasteiger partial charge in [0.25, 0.3) is 0 Å². The number of carboxylic acids is 1. The number of rotatable bonds is 6.